The summed E-state index contributed by atoms with van der Waals surface area (Å²) >= 11 is 0. The Morgan fingerprint density at radius 1 is 0.295 bits per heavy atom. The van der Waals surface area contributed by atoms with Crippen molar-refractivity contribution >= 4 is 55.2 Å². The molecule has 0 saturated heterocycles. The predicted molar refractivity (Wildman–Crippen MR) is 193 cm³/mol. The maximum atomic E-state index is 4.36. The molecule has 0 nitrogen and oxygen atoms in total. The van der Waals surface area contributed by atoms with Crippen LogP contribution in [0.5, 0.6) is 0 Å². The van der Waals surface area contributed by atoms with Gasteiger partial charge < -0.3 is 0 Å². The molecule has 0 aliphatic rings. The van der Waals surface area contributed by atoms with Crippen molar-refractivity contribution in [2.75, 3.05) is 0 Å². The summed E-state index contributed by atoms with van der Waals surface area (Å²) < 4.78 is 0. The van der Waals surface area contributed by atoms with Crippen LogP contribution in [-0.2, 0) is 0 Å². The fourth-order valence-corrected chi connectivity index (χ4v) is 7.14. The van der Waals surface area contributed by atoms with E-state index < -0.39 is 0 Å². The number of hydrogen-bond acceptors (Lipinski definition) is 0. The van der Waals surface area contributed by atoms with Crippen LogP contribution in [0.1, 0.15) is 11.1 Å². The van der Waals surface area contributed by atoms with Crippen molar-refractivity contribution in [2.24, 2.45) is 0 Å². The molecule has 0 saturated carbocycles. The molecule has 0 amide bonds. The lowest BCUT2D eigenvalue weighted by molar-refractivity contribution is 1.60. The summed E-state index contributed by atoms with van der Waals surface area (Å²) in [6.07, 6.45) is 4.03. The predicted octanol–water partition coefficient (Wildman–Crippen LogP) is 12.6. The fraction of sp³-hybridized carbons (Fsp3) is 0. The zero-order chi connectivity index (χ0) is 29.6. The lowest BCUT2D eigenvalue weighted by Gasteiger charge is -2.22. The molecule has 0 N–H and O–H groups in total. The van der Waals surface area contributed by atoms with Crippen molar-refractivity contribution in [2.45, 2.75) is 0 Å². The summed E-state index contributed by atoms with van der Waals surface area (Å²) in [5.41, 5.74) is 9.48. The summed E-state index contributed by atoms with van der Waals surface area (Å²) in [5, 5.41) is 9.84. The van der Waals surface area contributed by atoms with Gasteiger partial charge in [-0.3, -0.25) is 0 Å². The maximum Gasteiger partial charge on any atom is -0.00203 e. The molecule has 8 rings (SSSR count). The summed E-state index contributed by atoms with van der Waals surface area (Å²) in [5.74, 6) is 0. The number of hydrogen-bond donors (Lipinski definition) is 0. The van der Waals surface area contributed by atoms with Crippen LogP contribution in [0.2, 0.25) is 0 Å². The summed E-state index contributed by atoms with van der Waals surface area (Å²) in [6, 6.07) is 52.6. The van der Waals surface area contributed by atoms with Crippen LogP contribution in [0.25, 0.3) is 88.6 Å². The topological polar surface area (TPSA) is 0 Å². The molecule has 0 bridgehead atoms. The van der Waals surface area contributed by atoms with Crippen molar-refractivity contribution in [3.63, 3.8) is 0 Å². The highest BCUT2D eigenvalue weighted by molar-refractivity contribution is 6.18. The van der Waals surface area contributed by atoms with Crippen LogP contribution in [0.3, 0.4) is 0 Å². The van der Waals surface area contributed by atoms with E-state index in [9.17, 15) is 0 Å². The molecule has 0 heteroatoms. The molecule has 44 heavy (non-hydrogen) atoms. The number of fused-ring (bicyclic) bond motifs is 4. The van der Waals surface area contributed by atoms with E-state index in [0.717, 1.165) is 11.1 Å². The van der Waals surface area contributed by atoms with E-state index in [0.29, 0.717) is 0 Å². The normalized spacial score (nSPS) is 11.4. The molecule has 0 heterocycles. The molecule has 0 fully saturated rings. The Morgan fingerprint density at radius 2 is 0.636 bits per heavy atom. The highest BCUT2D eigenvalue weighted by Gasteiger charge is 2.21. The van der Waals surface area contributed by atoms with Gasteiger partial charge in [0, 0.05) is 0 Å². The molecular weight excluding hydrogens is 528 g/mol. The minimum Gasteiger partial charge on any atom is -0.0984 e. The molecule has 206 valence electrons. The van der Waals surface area contributed by atoms with E-state index in [-0.39, 0.29) is 0 Å². The largest absolute Gasteiger partial charge is 0.0984 e. The van der Waals surface area contributed by atoms with Gasteiger partial charge in [0.05, 0.1) is 0 Å². The lowest BCUT2D eigenvalue weighted by Crippen LogP contribution is -1.97. The van der Waals surface area contributed by atoms with E-state index in [4.69, 9.17) is 0 Å². The molecule has 0 unspecified atom stereocenters. The average Bonchev–Trinajstić information content (AvgIpc) is 3.09. The first-order valence-electron chi connectivity index (χ1n) is 15.1. The van der Waals surface area contributed by atoms with Gasteiger partial charge in [-0.15, -0.1) is 0 Å². The van der Waals surface area contributed by atoms with Crippen LogP contribution in [0.15, 0.2) is 159 Å². The molecule has 8 aromatic carbocycles. The summed E-state index contributed by atoms with van der Waals surface area (Å²) in [4.78, 5) is 0. The zero-order valence-electron chi connectivity index (χ0n) is 24.4. The molecule has 0 spiro atoms. The standard InChI is InChI=1S/C44H30/c1-3-31-32(4-2)44(41-24-12-11-23-40(41)43(31)39-26-14-18-30-16-6-8-20-34(30)39)42-28-27-38(36-21-9-10-22-37(36)42)35-25-13-17-29-15-5-7-19-33(29)35/h3-28H,1-2H2. The maximum absolute atomic E-state index is 4.36. The van der Waals surface area contributed by atoms with E-state index in [2.05, 4.69) is 159 Å². The third-order valence-electron chi connectivity index (χ3n) is 9.04. The Labute approximate surface area is 257 Å². The minimum atomic E-state index is 1.10. The first kappa shape index (κ1) is 25.9. The molecular formula is C44H30. The van der Waals surface area contributed by atoms with Crippen LogP contribution in [0.4, 0.5) is 0 Å². The van der Waals surface area contributed by atoms with Gasteiger partial charge in [0.25, 0.3) is 0 Å². The van der Waals surface area contributed by atoms with E-state index in [1.807, 2.05) is 12.2 Å². The van der Waals surface area contributed by atoms with Crippen LogP contribution < -0.4 is 0 Å². The van der Waals surface area contributed by atoms with Crippen LogP contribution >= 0.6 is 0 Å². The van der Waals surface area contributed by atoms with Crippen molar-refractivity contribution in [3.05, 3.63) is 170 Å². The van der Waals surface area contributed by atoms with Crippen molar-refractivity contribution < 1.29 is 0 Å². The van der Waals surface area contributed by atoms with Crippen molar-refractivity contribution in [1.29, 1.82) is 0 Å². The highest BCUT2D eigenvalue weighted by Crippen LogP contribution is 2.47. The Bertz CT molecular complexity index is 2410. The second-order valence-corrected chi connectivity index (χ2v) is 11.3. The van der Waals surface area contributed by atoms with Gasteiger partial charge in [0.15, 0.2) is 0 Å². The van der Waals surface area contributed by atoms with Gasteiger partial charge in [-0.05, 0) is 87.6 Å². The zero-order valence-corrected chi connectivity index (χ0v) is 24.4. The molecule has 8 aromatic rings. The van der Waals surface area contributed by atoms with E-state index >= 15 is 0 Å². The Balaban J connectivity index is 1.48. The second-order valence-electron chi connectivity index (χ2n) is 11.3. The monoisotopic (exact) mass is 558 g/mol. The van der Waals surface area contributed by atoms with Crippen LogP contribution in [-0.4, -0.2) is 0 Å². The Morgan fingerprint density at radius 3 is 1.18 bits per heavy atom. The molecule has 0 radical (unpaired) electrons. The molecule has 0 aromatic heterocycles. The van der Waals surface area contributed by atoms with Crippen LogP contribution in [0, 0.1) is 0 Å². The minimum absolute atomic E-state index is 1.10. The van der Waals surface area contributed by atoms with Gasteiger partial charge in [-0.1, -0.05) is 171 Å². The van der Waals surface area contributed by atoms with E-state index in [1.54, 1.807) is 0 Å². The van der Waals surface area contributed by atoms with Gasteiger partial charge in [0.2, 0.25) is 0 Å². The average molecular weight is 559 g/mol. The lowest BCUT2D eigenvalue weighted by atomic mass is 9.81. The molecule has 0 aliphatic carbocycles. The van der Waals surface area contributed by atoms with Gasteiger partial charge >= 0.3 is 0 Å². The third-order valence-corrected chi connectivity index (χ3v) is 9.04. The van der Waals surface area contributed by atoms with Gasteiger partial charge in [-0.2, -0.15) is 0 Å². The van der Waals surface area contributed by atoms with Gasteiger partial charge in [-0.25, -0.2) is 0 Å². The molecule has 0 aliphatic heterocycles. The summed E-state index contributed by atoms with van der Waals surface area (Å²) in [6.45, 7) is 8.71. The first-order valence-corrected chi connectivity index (χ1v) is 15.1. The third kappa shape index (κ3) is 3.92. The van der Waals surface area contributed by atoms with Crippen molar-refractivity contribution in [3.8, 4) is 33.4 Å². The number of benzene rings is 8. The molecule has 0 atom stereocenters. The Kier molecular flexibility index (Phi) is 6.21. The second kappa shape index (κ2) is 10.5. The van der Waals surface area contributed by atoms with Crippen molar-refractivity contribution in [1.82, 2.24) is 0 Å². The smallest absolute Gasteiger partial charge is 0.00203 e. The SMILES string of the molecule is C=Cc1c(C=C)c(-c2ccc(-c3cccc4ccccc34)c3ccccc23)c2ccccc2c1-c1cccc2ccccc12. The first-order chi connectivity index (χ1) is 21.8. The number of rotatable bonds is 5. The highest BCUT2D eigenvalue weighted by atomic mass is 14.2. The van der Waals surface area contributed by atoms with E-state index in [1.165, 1.54) is 76.5 Å². The quantitative estimate of drug-likeness (QED) is 0.197. The van der Waals surface area contributed by atoms with Gasteiger partial charge in [0.1, 0.15) is 0 Å². The summed E-state index contributed by atoms with van der Waals surface area (Å²) in [7, 11) is 0. The Hall–Kier alpha value is -5.72. The fourth-order valence-electron chi connectivity index (χ4n) is 7.14.